The number of thiol groups is 1. The maximum Gasteiger partial charge on any atom is 0.216 e. The molecule has 1 aliphatic rings. The van der Waals surface area contributed by atoms with Gasteiger partial charge in [-0.3, -0.25) is 4.79 Å². The zero-order chi connectivity index (χ0) is 17.0. The Kier molecular flexibility index (Phi) is 6.11. The van der Waals surface area contributed by atoms with E-state index in [0.29, 0.717) is 13.1 Å². The first-order valence-electron chi connectivity index (χ1n) is 7.78. The molecule has 128 valence electrons. The fourth-order valence-corrected chi connectivity index (χ4v) is 4.60. The summed E-state index contributed by atoms with van der Waals surface area (Å²) in [5.74, 6) is 0.122. The Morgan fingerprint density at radius 2 is 2.13 bits per heavy atom. The molecule has 0 fully saturated rings. The van der Waals surface area contributed by atoms with E-state index in [9.17, 15) is 13.2 Å². The zero-order valence-electron chi connectivity index (χ0n) is 13.5. The first-order valence-corrected chi connectivity index (χ1v) is 10.1. The molecule has 0 saturated heterocycles. The fraction of sp³-hybridized carbons (Fsp3) is 0.562. The number of hydrogen-bond acceptors (Lipinski definition) is 5. The van der Waals surface area contributed by atoms with Crippen LogP contribution in [-0.2, 0) is 26.8 Å². The van der Waals surface area contributed by atoms with Crippen molar-refractivity contribution < 1.29 is 13.2 Å². The molecule has 1 amide bonds. The smallest absolute Gasteiger partial charge is 0.216 e. The summed E-state index contributed by atoms with van der Waals surface area (Å²) < 4.78 is 24.2. The van der Waals surface area contributed by atoms with E-state index in [0.717, 1.165) is 17.5 Å². The van der Waals surface area contributed by atoms with E-state index in [1.54, 1.807) is 0 Å². The van der Waals surface area contributed by atoms with Crippen LogP contribution in [0.1, 0.15) is 36.6 Å². The lowest BCUT2D eigenvalue weighted by molar-refractivity contribution is -0.118. The average molecular weight is 357 g/mol. The van der Waals surface area contributed by atoms with E-state index in [1.807, 2.05) is 12.1 Å². The van der Waals surface area contributed by atoms with E-state index in [4.69, 9.17) is 0 Å². The summed E-state index contributed by atoms with van der Waals surface area (Å²) in [5, 5.41) is 5.95. The number of carbonyl (C=O) groups excluding carboxylic acids is 1. The second kappa shape index (κ2) is 7.68. The first-order chi connectivity index (χ1) is 10.8. The maximum atomic E-state index is 12.1. The van der Waals surface area contributed by atoms with Crippen molar-refractivity contribution in [1.29, 1.82) is 0 Å². The summed E-state index contributed by atoms with van der Waals surface area (Å²) in [5.41, 5.74) is 3.15. The van der Waals surface area contributed by atoms with Crippen molar-refractivity contribution in [3.63, 3.8) is 0 Å². The van der Waals surface area contributed by atoms with Gasteiger partial charge in [-0.05, 0) is 23.1 Å². The molecule has 0 bridgehead atoms. The molecule has 2 unspecified atom stereocenters. The van der Waals surface area contributed by atoms with Crippen LogP contribution in [0.15, 0.2) is 18.2 Å². The van der Waals surface area contributed by atoms with Gasteiger partial charge in [0, 0.05) is 31.3 Å². The Morgan fingerprint density at radius 1 is 1.39 bits per heavy atom. The van der Waals surface area contributed by atoms with Gasteiger partial charge in [-0.25, -0.2) is 8.42 Å². The molecule has 7 heteroatoms. The van der Waals surface area contributed by atoms with Crippen molar-refractivity contribution >= 4 is 28.4 Å². The summed E-state index contributed by atoms with van der Waals surface area (Å²) in [4.78, 5) is 10.9. The molecule has 1 aromatic rings. The van der Waals surface area contributed by atoms with Crippen LogP contribution in [0.4, 0.5) is 0 Å². The van der Waals surface area contributed by atoms with Crippen molar-refractivity contribution in [2.45, 2.75) is 37.3 Å². The van der Waals surface area contributed by atoms with Crippen molar-refractivity contribution in [1.82, 2.24) is 10.6 Å². The topological polar surface area (TPSA) is 75.3 Å². The maximum absolute atomic E-state index is 12.1. The second-order valence-corrected chi connectivity index (χ2v) is 8.83. The minimum absolute atomic E-state index is 0.0682. The van der Waals surface area contributed by atoms with Crippen molar-refractivity contribution in [3.05, 3.63) is 34.9 Å². The summed E-state index contributed by atoms with van der Waals surface area (Å²) in [6.07, 6.45) is 0.921. The van der Waals surface area contributed by atoms with Gasteiger partial charge in [-0.2, -0.15) is 12.6 Å². The van der Waals surface area contributed by atoms with Crippen LogP contribution in [-0.4, -0.2) is 38.4 Å². The molecule has 0 aliphatic carbocycles. The molecule has 1 aliphatic heterocycles. The Balaban J connectivity index is 2.10. The number of fused-ring (bicyclic) bond motifs is 1. The van der Waals surface area contributed by atoms with Crippen molar-refractivity contribution in [2.75, 3.05) is 18.8 Å². The van der Waals surface area contributed by atoms with E-state index in [-0.39, 0.29) is 28.7 Å². The van der Waals surface area contributed by atoms with Crippen LogP contribution in [0.5, 0.6) is 0 Å². The third-order valence-corrected chi connectivity index (χ3v) is 5.93. The average Bonchev–Trinajstić information content (AvgIpc) is 2.49. The van der Waals surface area contributed by atoms with Crippen molar-refractivity contribution in [2.24, 2.45) is 0 Å². The van der Waals surface area contributed by atoms with Gasteiger partial charge < -0.3 is 10.6 Å². The van der Waals surface area contributed by atoms with Crippen LogP contribution in [0.3, 0.4) is 0 Å². The number of rotatable bonds is 6. The highest BCUT2D eigenvalue weighted by Gasteiger charge is 2.29. The predicted octanol–water partition coefficient (Wildman–Crippen LogP) is 1.24. The van der Waals surface area contributed by atoms with Crippen LogP contribution in [0.2, 0.25) is 0 Å². The molecule has 2 N–H and O–H groups in total. The number of nitrogens with one attached hydrogen (secondary N) is 2. The molecular formula is C16H24N2O3S2. The SMILES string of the molecule is CCc1ccc2c(c1)C(NCC(S)CNC(C)=O)CS(=O)(=O)C2. The molecular weight excluding hydrogens is 332 g/mol. The van der Waals surface area contributed by atoms with Crippen LogP contribution >= 0.6 is 12.6 Å². The van der Waals surface area contributed by atoms with E-state index in [1.165, 1.54) is 12.5 Å². The highest BCUT2D eigenvalue weighted by atomic mass is 32.2. The van der Waals surface area contributed by atoms with Gasteiger partial charge in [0.1, 0.15) is 0 Å². The normalized spacial score (nSPS) is 20.6. The largest absolute Gasteiger partial charge is 0.355 e. The molecule has 1 aromatic carbocycles. The standard InChI is InChI=1S/C16H24N2O3S2/c1-3-12-4-5-13-9-23(20,21)10-16(15(13)6-12)18-8-14(22)7-17-11(2)19/h4-6,14,16,18,22H,3,7-10H2,1-2H3,(H,17,19). The molecule has 0 aromatic heterocycles. The highest BCUT2D eigenvalue weighted by molar-refractivity contribution is 7.90. The molecule has 1 heterocycles. The number of benzene rings is 1. The lowest BCUT2D eigenvalue weighted by Gasteiger charge is -2.28. The van der Waals surface area contributed by atoms with E-state index < -0.39 is 9.84 Å². The number of amides is 1. The summed E-state index contributed by atoms with van der Waals surface area (Å²) in [6.45, 7) is 4.53. The molecule has 0 spiro atoms. The van der Waals surface area contributed by atoms with Gasteiger partial charge in [0.2, 0.25) is 5.91 Å². The Bertz CT molecular complexity index is 674. The molecule has 5 nitrogen and oxygen atoms in total. The van der Waals surface area contributed by atoms with Gasteiger partial charge in [0.05, 0.1) is 11.5 Å². The Labute approximate surface area is 143 Å². The van der Waals surface area contributed by atoms with Gasteiger partial charge in [-0.15, -0.1) is 0 Å². The Morgan fingerprint density at radius 3 is 2.78 bits per heavy atom. The van der Waals surface area contributed by atoms with Crippen molar-refractivity contribution in [3.8, 4) is 0 Å². The van der Waals surface area contributed by atoms with Gasteiger partial charge >= 0.3 is 0 Å². The van der Waals surface area contributed by atoms with Gasteiger partial charge in [-0.1, -0.05) is 25.1 Å². The number of aryl methyl sites for hydroxylation is 1. The zero-order valence-corrected chi connectivity index (χ0v) is 15.2. The van der Waals surface area contributed by atoms with Crippen LogP contribution < -0.4 is 10.6 Å². The second-order valence-electron chi connectivity index (χ2n) is 5.99. The minimum Gasteiger partial charge on any atom is -0.355 e. The van der Waals surface area contributed by atoms with Gasteiger partial charge in [0.15, 0.2) is 9.84 Å². The lowest BCUT2D eigenvalue weighted by Crippen LogP contribution is -2.39. The minimum atomic E-state index is -3.10. The monoisotopic (exact) mass is 356 g/mol. The quantitative estimate of drug-likeness (QED) is 0.671. The van der Waals surface area contributed by atoms with E-state index in [2.05, 4.69) is 36.3 Å². The molecule has 0 radical (unpaired) electrons. The highest BCUT2D eigenvalue weighted by Crippen LogP contribution is 2.29. The fourth-order valence-electron chi connectivity index (χ4n) is 2.74. The van der Waals surface area contributed by atoms with Crippen LogP contribution in [0, 0.1) is 0 Å². The number of carbonyl (C=O) groups is 1. The summed E-state index contributed by atoms with van der Waals surface area (Å²) in [7, 11) is -3.10. The van der Waals surface area contributed by atoms with E-state index >= 15 is 0 Å². The lowest BCUT2D eigenvalue weighted by atomic mass is 9.98. The number of sulfone groups is 1. The predicted molar refractivity (Wildman–Crippen MR) is 95.5 cm³/mol. The molecule has 2 atom stereocenters. The molecule has 23 heavy (non-hydrogen) atoms. The van der Waals surface area contributed by atoms with Crippen LogP contribution in [0.25, 0.3) is 0 Å². The molecule has 0 saturated carbocycles. The Hall–Kier alpha value is -1.05. The third kappa shape index (κ3) is 5.22. The first kappa shape index (κ1) is 18.3. The third-order valence-electron chi connectivity index (χ3n) is 3.98. The number of hydrogen-bond donors (Lipinski definition) is 3. The van der Waals surface area contributed by atoms with Gasteiger partial charge in [0.25, 0.3) is 0 Å². The molecule has 2 rings (SSSR count). The summed E-state index contributed by atoms with van der Waals surface area (Å²) >= 11 is 4.43. The summed E-state index contributed by atoms with van der Waals surface area (Å²) in [6, 6.07) is 5.80.